The van der Waals surface area contributed by atoms with Crippen molar-refractivity contribution in [1.29, 1.82) is 0 Å². The first kappa shape index (κ1) is 25.0. The molecule has 0 saturated heterocycles. The molecule has 0 aromatic carbocycles. The molecule has 1 aliphatic rings. The number of carboxylic acids is 1. The van der Waals surface area contributed by atoms with Crippen LogP contribution >= 0.6 is 0 Å². The fourth-order valence-corrected chi connectivity index (χ4v) is 4.23. The number of carbonyl (C=O) groups excluding carboxylic acids is 1. The monoisotopic (exact) mass is 396 g/mol. The lowest BCUT2D eigenvalue weighted by molar-refractivity contribution is -0.158. The summed E-state index contributed by atoms with van der Waals surface area (Å²) in [5, 5.41) is 9.25. The number of ether oxygens (including phenoxy) is 1. The first-order valence-electron chi connectivity index (χ1n) is 11.9. The summed E-state index contributed by atoms with van der Waals surface area (Å²) < 4.78 is 5.89. The molecule has 0 radical (unpaired) electrons. The summed E-state index contributed by atoms with van der Waals surface area (Å²) in [7, 11) is 0. The van der Waals surface area contributed by atoms with Crippen molar-refractivity contribution in [3.05, 3.63) is 0 Å². The first-order valence-corrected chi connectivity index (χ1v) is 11.9. The van der Waals surface area contributed by atoms with Gasteiger partial charge in [-0.2, -0.15) is 0 Å². The van der Waals surface area contributed by atoms with Gasteiger partial charge in [0.2, 0.25) is 0 Å². The molecular formula is C24H44O4. The SMILES string of the molecule is CCCCCC(CCCCCCCC(C)C)OC(=O)C1CCCC(C(=O)O)C1. The zero-order chi connectivity index (χ0) is 20.8. The van der Waals surface area contributed by atoms with Gasteiger partial charge in [-0.1, -0.05) is 72.1 Å². The molecule has 0 aromatic heterocycles. The van der Waals surface area contributed by atoms with Crippen LogP contribution in [0.15, 0.2) is 0 Å². The highest BCUT2D eigenvalue weighted by Crippen LogP contribution is 2.31. The molecule has 1 aliphatic carbocycles. The maximum absolute atomic E-state index is 12.6. The molecule has 3 unspecified atom stereocenters. The molecule has 1 saturated carbocycles. The van der Waals surface area contributed by atoms with Gasteiger partial charge in [-0.05, 0) is 50.9 Å². The van der Waals surface area contributed by atoms with Gasteiger partial charge in [0.25, 0.3) is 0 Å². The first-order chi connectivity index (χ1) is 13.4. The summed E-state index contributed by atoms with van der Waals surface area (Å²) >= 11 is 0. The van der Waals surface area contributed by atoms with Gasteiger partial charge in [-0.25, -0.2) is 0 Å². The third kappa shape index (κ3) is 11.1. The van der Waals surface area contributed by atoms with E-state index in [0.29, 0.717) is 12.8 Å². The smallest absolute Gasteiger partial charge is 0.309 e. The minimum Gasteiger partial charge on any atom is -0.481 e. The van der Waals surface area contributed by atoms with E-state index in [1.165, 1.54) is 44.9 Å². The predicted octanol–water partition coefficient (Wildman–Crippen LogP) is 6.76. The van der Waals surface area contributed by atoms with E-state index in [-0.39, 0.29) is 23.9 Å². The molecule has 1 N–H and O–H groups in total. The molecule has 0 bridgehead atoms. The Morgan fingerprint density at radius 1 is 0.893 bits per heavy atom. The highest BCUT2D eigenvalue weighted by molar-refractivity contribution is 5.75. The molecule has 28 heavy (non-hydrogen) atoms. The van der Waals surface area contributed by atoms with E-state index in [1.54, 1.807) is 0 Å². The van der Waals surface area contributed by atoms with Crippen molar-refractivity contribution in [2.24, 2.45) is 17.8 Å². The number of esters is 1. The normalized spacial score (nSPS) is 20.9. The van der Waals surface area contributed by atoms with Crippen molar-refractivity contribution in [2.45, 2.75) is 123 Å². The summed E-state index contributed by atoms with van der Waals surface area (Å²) in [6, 6.07) is 0. The van der Waals surface area contributed by atoms with E-state index in [9.17, 15) is 14.7 Å². The second-order valence-electron chi connectivity index (χ2n) is 9.19. The van der Waals surface area contributed by atoms with Gasteiger partial charge in [-0.15, -0.1) is 0 Å². The Hall–Kier alpha value is -1.06. The average Bonchev–Trinajstić information content (AvgIpc) is 2.66. The van der Waals surface area contributed by atoms with Gasteiger partial charge in [0.05, 0.1) is 11.8 Å². The molecule has 0 aliphatic heterocycles. The van der Waals surface area contributed by atoms with Gasteiger partial charge in [0.1, 0.15) is 6.10 Å². The third-order valence-electron chi connectivity index (χ3n) is 6.08. The van der Waals surface area contributed by atoms with Crippen molar-refractivity contribution in [3.8, 4) is 0 Å². The molecule has 0 spiro atoms. The van der Waals surface area contributed by atoms with Crippen molar-refractivity contribution in [2.75, 3.05) is 0 Å². The van der Waals surface area contributed by atoms with Crippen LogP contribution in [0.2, 0.25) is 0 Å². The zero-order valence-electron chi connectivity index (χ0n) is 18.6. The van der Waals surface area contributed by atoms with E-state index in [4.69, 9.17) is 4.74 Å². The standard InChI is InChI=1S/C24H44O4/c1-4-5-9-16-22(17-11-8-6-7-10-13-19(2)3)28-24(27)21-15-12-14-20(18-21)23(25)26/h19-22H,4-18H2,1-3H3,(H,25,26). The molecule has 164 valence electrons. The predicted molar refractivity (Wildman–Crippen MR) is 114 cm³/mol. The summed E-state index contributed by atoms with van der Waals surface area (Å²) in [4.78, 5) is 23.9. The van der Waals surface area contributed by atoms with Crippen LogP contribution in [0.4, 0.5) is 0 Å². The maximum atomic E-state index is 12.6. The summed E-state index contributed by atoms with van der Waals surface area (Å²) in [6.07, 6.45) is 15.6. The Labute approximate surface area is 172 Å². The lowest BCUT2D eigenvalue weighted by Crippen LogP contribution is -2.31. The molecule has 1 fully saturated rings. The highest BCUT2D eigenvalue weighted by Gasteiger charge is 2.32. The van der Waals surface area contributed by atoms with Gasteiger partial charge in [-0.3, -0.25) is 9.59 Å². The second-order valence-corrected chi connectivity index (χ2v) is 9.19. The van der Waals surface area contributed by atoms with Crippen LogP contribution in [0.25, 0.3) is 0 Å². The Balaban J connectivity index is 2.36. The van der Waals surface area contributed by atoms with E-state index in [1.807, 2.05) is 0 Å². The summed E-state index contributed by atoms with van der Waals surface area (Å²) in [5.74, 6) is -0.725. The number of hydrogen-bond acceptors (Lipinski definition) is 3. The minimum absolute atomic E-state index is 0.0138. The van der Waals surface area contributed by atoms with Crippen LogP contribution in [-0.2, 0) is 14.3 Å². The number of hydrogen-bond donors (Lipinski definition) is 1. The van der Waals surface area contributed by atoms with Gasteiger partial charge in [0.15, 0.2) is 0 Å². The van der Waals surface area contributed by atoms with Crippen LogP contribution in [0, 0.1) is 17.8 Å². The molecule has 4 nitrogen and oxygen atoms in total. The number of carbonyl (C=O) groups is 2. The lowest BCUT2D eigenvalue weighted by atomic mass is 9.81. The summed E-state index contributed by atoms with van der Waals surface area (Å²) in [5.41, 5.74) is 0. The molecular weight excluding hydrogens is 352 g/mol. The zero-order valence-corrected chi connectivity index (χ0v) is 18.6. The second kappa shape index (κ2) is 14.9. The molecule has 1 rings (SSSR count). The van der Waals surface area contributed by atoms with Gasteiger partial charge >= 0.3 is 11.9 Å². The van der Waals surface area contributed by atoms with Crippen LogP contribution < -0.4 is 0 Å². The van der Waals surface area contributed by atoms with Crippen molar-refractivity contribution < 1.29 is 19.4 Å². The number of carboxylic acid groups (broad SMARTS) is 1. The molecule has 0 aromatic rings. The van der Waals surface area contributed by atoms with Crippen molar-refractivity contribution in [3.63, 3.8) is 0 Å². The Kier molecular flexibility index (Phi) is 13.3. The van der Waals surface area contributed by atoms with Crippen LogP contribution in [0.5, 0.6) is 0 Å². The van der Waals surface area contributed by atoms with Gasteiger partial charge < -0.3 is 9.84 Å². The van der Waals surface area contributed by atoms with Crippen LogP contribution in [0.1, 0.15) is 117 Å². The Morgan fingerprint density at radius 3 is 2.07 bits per heavy atom. The fraction of sp³-hybridized carbons (Fsp3) is 0.917. The largest absolute Gasteiger partial charge is 0.481 e. The van der Waals surface area contributed by atoms with Crippen molar-refractivity contribution in [1.82, 2.24) is 0 Å². The highest BCUT2D eigenvalue weighted by atomic mass is 16.5. The molecule has 0 amide bonds. The summed E-state index contributed by atoms with van der Waals surface area (Å²) in [6.45, 7) is 6.74. The van der Waals surface area contributed by atoms with E-state index < -0.39 is 5.97 Å². The number of unbranched alkanes of at least 4 members (excludes halogenated alkanes) is 6. The van der Waals surface area contributed by atoms with Crippen molar-refractivity contribution >= 4 is 11.9 Å². The molecule has 0 heterocycles. The van der Waals surface area contributed by atoms with Crippen LogP contribution in [0.3, 0.4) is 0 Å². The molecule has 3 atom stereocenters. The fourth-order valence-electron chi connectivity index (χ4n) is 4.23. The van der Waals surface area contributed by atoms with Crippen LogP contribution in [-0.4, -0.2) is 23.1 Å². The lowest BCUT2D eigenvalue weighted by Gasteiger charge is -2.27. The third-order valence-corrected chi connectivity index (χ3v) is 6.08. The van der Waals surface area contributed by atoms with E-state index >= 15 is 0 Å². The quantitative estimate of drug-likeness (QED) is 0.245. The number of aliphatic carboxylic acids is 1. The average molecular weight is 397 g/mol. The number of rotatable bonds is 15. The molecule has 4 heteroatoms. The Morgan fingerprint density at radius 2 is 1.46 bits per heavy atom. The Bertz CT molecular complexity index is 432. The maximum Gasteiger partial charge on any atom is 0.309 e. The van der Waals surface area contributed by atoms with Gasteiger partial charge in [0, 0.05) is 0 Å². The minimum atomic E-state index is -0.769. The van der Waals surface area contributed by atoms with E-state index in [0.717, 1.165) is 44.4 Å². The van der Waals surface area contributed by atoms with E-state index in [2.05, 4.69) is 20.8 Å². The topological polar surface area (TPSA) is 63.6 Å².